The van der Waals surface area contributed by atoms with Crippen LogP contribution in [0.15, 0.2) is 60.8 Å². The summed E-state index contributed by atoms with van der Waals surface area (Å²) in [7, 11) is 0. The van der Waals surface area contributed by atoms with Crippen molar-refractivity contribution in [2.24, 2.45) is 0 Å². The van der Waals surface area contributed by atoms with Gasteiger partial charge in [-0.2, -0.15) is 0 Å². The van der Waals surface area contributed by atoms with Crippen LogP contribution in [-0.2, 0) is 4.79 Å². The first-order valence-corrected chi connectivity index (χ1v) is 11.3. The number of carbonyl (C=O) groups is 1. The fourth-order valence-corrected chi connectivity index (χ4v) is 4.30. The highest BCUT2D eigenvalue weighted by Crippen LogP contribution is 2.30. The molecule has 0 amide bonds. The van der Waals surface area contributed by atoms with Crippen molar-refractivity contribution < 1.29 is 18.7 Å². The van der Waals surface area contributed by atoms with Gasteiger partial charge in [-0.1, -0.05) is 37.3 Å². The van der Waals surface area contributed by atoms with Gasteiger partial charge in [-0.3, -0.25) is 4.79 Å². The lowest BCUT2D eigenvalue weighted by Gasteiger charge is -2.35. The minimum Gasteiger partial charge on any atom is -0.481 e. The largest absolute Gasteiger partial charge is 0.481 e. The Hall–Kier alpha value is -3.52. The highest BCUT2D eigenvalue weighted by molar-refractivity contribution is 5.75. The molecule has 2 heterocycles. The van der Waals surface area contributed by atoms with E-state index >= 15 is 0 Å². The van der Waals surface area contributed by atoms with Crippen molar-refractivity contribution in [1.82, 2.24) is 10.3 Å². The van der Waals surface area contributed by atoms with Gasteiger partial charge in [0.2, 0.25) is 0 Å². The molecule has 0 bridgehead atoms. The topological polar surface area (TPSA) is 86.3 Å². The second kappa shape index (κ2) is 10.2. The molecule has 1 aliphatic heterocycles. The molecule has 6 nitrogen and oxygen atoms in total. The van der Waals surface area contributed by atoms with E-state index in [2.05, 4.69) is 20.9 Å². The zero-order chi connectivity index (χ0) is 24.2. The molecule has 3 aromatic rings. The van der Waals surface area contributed by atoms with Gasteiger partial charge in [-0.05, 0) is 42.2 Å². The van der Waals surface area contributed by atoms with Gasteiger partial charge in [-0.25, -0.2) is 13.8 Å². The third kappa shape index (κ3) is 5.02. The summed E-state index contributed by atoms with van der Waals surface area (Å²) in [5, 5.41) is 19.7. The van der Waals surface area contributed by atoms with Crippen LogP contribution >= 0.6 is 0 Å². The van der Waals surface area contributed by atoms with E-state index in [-0.39, 0.29) is 29.1 Å². The molecule has 4 rings (SSSR count). The first kappa shape index (κ1) is 23.6. The van der Waals surface area contributed by atoms with Crippen LogP contribution in [0.4, 0.5) is 20.3 Å². The Morgan fingerprint density at radius 3 is 2.59 bits per heavy atom. The van der Waals surface area contributed by atoms with Gasteiger partial charge in [-0.15, -0.1) is 0 Å². The van der Waals surface area contributed by atoms with Gasteiger partial charge in [0.25, 0.3) is 0 Å². The van der Waals surface area contributed by atoms with Gasteiger partial charge in [0, 0.05) is 30.9 Å². The van der Waals surface area contributed by atoms with Crippen LogP contribution in [0.3, 0.4) is 0 Å². The third-order valence-corrected chi connectivity index (χ3v) is 6.33. The molecule has 0 radical (unpaired) electrons. The number of halogens is 2. The number of carboxylic acid groups (broad SMARTS) is 1. The van der Waals surface area contributed by atoms with Gasteiger partial charge in [0.1, 0.15) is 17.5 Å². The third-order valence-electron chi connectivity index (χ3n) is 6.33. The summed E-state index contributed by atoms with van der Waals surface area (Å²) in [6.45, 7) is 4.29. The van der Waals surface area contributed by atoms with Crippen LogP contribution in [-0.4, -0.2) is 35.2 Å². The molecule has 1 aromatic heterocycles. The number of hydrogen-bond donors (Lipinski definition) is 4. The molecule has 0 saturated carbocycles. The molecule has 0 spiro atoms. The molecule has 8 heteroatoms. The highest BCUT2D eigenvalue weighted by atomic mass is 19.1. The minimum absolute atomic E-state index is 0.0174. The van der Waals surface area contributed by atoms with E-state index in [1.807, 2.05) is 49.4 Å². The zero-order valence-corrected chi connectivity index (χ0v) is 19.1. The number of anilines is 2. The van der Waals surface area contributed by atoms with Crippen LogP contribution in [0.25, 0.3) is 0 Å². The maximum absolute atomic E-state index is 14.7. The number of nitrogens with zero attached hydrogens (tertiary/aromatic N) is 1. The van der Waals surface area contributed by atoms with Crippen molar-refractivity contribution in [3.8, 4) is 0 Å². The quantitative estimate of drug-likeness (QED) is 0.378. The normalized spacial score (nSPS) is 17.6. The molecule has 178 valence electrons. The Kier molecular flexibility index (Phi) is 7.07. The van der Waals surface area contributed by atoms with Crippen molar-refractivity contribution in [3.05, 3.63) is 89.1 Å². The number of pyridine rings is 1. The highest BCUT2D eigenvalue weighted by Gasteiger charge is 2.28. The molecule has 1 aliphatic rings. The predicted molar refractivity (Wildman–Crippen MR) is 128 cm³/mol. The average molecular weight is 467 g/mol. The fraction of sp³-hybridized carbons (Fsp3) is 0.308. The van der Waals surface area contributed by atoms with Crippen LogP contribution in [0, 0.1) is 11.6 Å². The van der Waals surface area contributed by atoms with Crippen molar-refractivity contribution in [3.63, 3.8) is 0 Å². The number of hydrogen-bond acceptors (Lipinski definition) is 5. The molecule has 0 aliphatic carbocycles. The lowest BCUT2D eigenvalue weighted by Crippen LogP contribution is -2.45. The molecule has 0 saturated heterocycles. The number of aromatic nitrogens is 1. The molecule has 0 fully saturated rings. The summed E-state index contributed by atoms with van der Waals surface area (Å²) in [5.74, 6) is -3.31. The zero-order valence-electron chi connectivity index (χ0n) is 19.1. The van der Waals surface area contributed by atoms with Gasteiger partial charge in [0.05, 0.1) is 23.7 Å². The number of rotatable bonds is 8. The van der Waals surface area contributed by atoms with Crippen LogP contribution in [0.5, 0.6) is 0 Å². The Balaban J connectivity index is 1.55. The second-order valence-electron chi connectivity index (χ2n) is 8.68. The summed E-state index contributed by atoms with van der Waals surface area (Å²) < 4.78 is 28.9. The van der Waals surface area contributed by atoms with Crippen LogP contribution < -0.4 is 16.0 Å². The maximum Gasteiger partial charge on any atom is 0.310 e. The molecule has 4 atom stereocenters. The summed E-state index contributed by atoms with van der Waals surface area (Å²) >= 11 is 0. The first-order chi connectivity index (χ1) is 16.3. The van der Waals surface area contributed by atoms with Crippen molar-refractivity contribution >= 4 is 17.5 Å². The van der Waals surface area contributed by atoms with E-state index in [1.54, 1.807) is 6.20 Å². The standard InChI is InChI=1S/C26H28F2N4O2/c1-15(18-11-19(16(2)26(33)34)21(28)12-20(18)27)13-31-24(17-7-4-3-5-8-17)23-14-30-22-9-6-10-29-25(22)32-23/h3-12,15-16,23-24,30-31H,13-14H2,1-2H3,(H,29,32)(H,33,34)/t15-,16+,23+,24+/m0/s1. The minimum atomic E-state index is -1.16. The monoisotopic (exact) mass is 466 g/mol. The molecule has 0 unspecified atom stereocenters. The summed E-state index contributed by atoms with van der Waals surface area (Å²) in [6, 6.07) is 15.8. The van der Waals surface area contributed by atoms with E-state index in [0.29, 0.717) is 13.1 Å². The molecule has 2 aromatic carbocycles. The van der Waals surface area contributed by atoms with Gasteiger partial charge >= 0.3 is 5.97 Å². The predicted octanol–water partition coefficient (Wildman–Crippen LogP) is 4.89. The maximum atomic E-state index is 14.7. The summed E-state index contributed by atoms with van der Waals surface area (Å²) in [6.07, 6.45) is 1.73. The van der Waals surface area contributed by atoms with E-state index < -0.39 is 23.5 Å². The van der Waals surface area contributed by atoms with Crippen molar-refractivity contribution in [2.45, 2.75) is 37.8 Å². The Morgan fingerprint density at radius 2 is 1.85 bits per heavy atom. The van der Waals surface area contributed by atoms with Gasteiger partial charge < -0.3 is 21.1 Å². The Morgan fingerprint density at radius 1 is 1.12 bits per heavy atom. The molecule has 34 heavy (non-hydrogen) atoms. The lowest BCUT2D eigenvalue weighted by molar-refractivity contribution is -0.138. The van der Waals surface area contributed by atoms with Crippen molar-refractivity contribution in [1.29, 1.82) is 0 Å². The SMILES string of the molecule is C[C@@H](CN[C@H](c1ccccc1)[C@H]1CNc2cccnc2N1)c1cc([C@@H](C)C(=O)O)c(F)cc1F. The summed E-state index contributed by atoms with van der Waals surface area (Å²) in [4.78, 5) is 15.8. The second-order valence-corrected chi connectivity index (χ2v) is 8.68. The number of nitrogens with one attached hydrogen (secondary N) is 3. The summed E-state index contributed by atoms with van der Waals surface area (Å²) in [5.41, 5.74) is 2.27. The van der Waals surface area contributed by atoms with E-state index in [1.165, 1.54) is 13.0 Å². The number of fused-ring (bicyclic) bond motifs is 1. The van der Waals surface area contributed by atoms with Crippen LogP contribution in [0.2, 0.25) is 0 Å². The Bertz CT molecular complexity index is 1160. The molecular weight excluding hydrogens is 438 g/mol. The average Bonchev–Trinajstić information content (AvgIpc) is 2.84. The first-order valence-electron chi connectivity index (χ1n) is 11.3. The van der Waals surface area contributed by atoms with E-state index in [0.717, 1.165) is 23.1 Å². The fourth-order valence-electron chi connectivity index (χ4n) is 4.30. The lowest BCUT2D eigenvalue weighted by atomic mass is 9.92. The molecule has 4 N–H and O–H groups in total. The smallest absolute Gasteiger partial charge is 0.310 e. The van der Waals surface area contributed by atoms with E-state index in [9.17, 15) is 18.7 Å². The van der Waals surface area contributed by atoms with Gasteiger partial charge in [0.15, 0.2) is 0 Å². The van der Waals surface area contributed by atoms with E-state index in [4.69, 9.17) is 0 Å². The number of aliphatic carboxylic acids is 1. The Labute approximate surface area is 197 Å². The molecular formula is C26H28F2N4O2. The van der Waals surface area contributed by atoms with Crippen molar-refractivity contribution in [2.75, 3.05) is 23.7 Å². The van der Waals surface area contributed by atoms with Crippen LogP contribution in [0.1, 0.15) is 48.4 Å². The number of carboxylic acids is 1. The number of benzene rings is 2.